The van der Waals surface area contributed by atoms with E-state index in [-0.39, 0.29) is 55.4 Å². The fourth-order valence-electron chi connectivity index (χ4n) is 4.37. The Kier molecular flexibility index (Phi) is 6.78. The van der Waals surface area contributed by atoms with Gasteiger partial charge in [0.1, 0.15) is 16.0 Å². The zero-order chi connectivity index (χ0) is 22.1. The number of likely N-dealkylation sites (tertiary alicyclic amines) is 1. The molecule has 3 N–H and O–H groups in total. The number of anilines is 1. The lowest BCUT2D eigenvalue weighted by Crippen LogP contribution is -2.36. The van der Waals surface area contributed by atoms with Gasteiger partial charge in [-0.05, 0) is 36.8 Å². The van der Waals surface area contributed by atoms with E-state index in [2.05, 4.69) is 10.3 Å². The third kappa shape index (κ3) is 5.94. The minimum absolute atomic E-state index is 0.0300. The van der Waals surface area contributed by atoms with Gasteiger partial charge in [-0.1, -0.05) is 0 Å². The molecule has 30 heavy (non-hydrogen) atoms. The normalized spacial score (nSPS) is 26.5. The van der Waals surface area contributed by atoms with Gasteiger partial charge in [0, 0.05) is 37.8 Å². The quantitative estimate of drug-likeness (QED) is 0.670. The summed E-state index contributed by atoms with van der Waals surface area (Å²) in [6.07, 6.45) is -3.41. The first-order valence-electron chi connectivity index (χ1n) is 9.53. The van der Waals surface area contributed by atoms with Gasteiger partial charge < -0.3 is 5.32 Å². The fourth-order valence-corrected chi connectivity index (χ4v) is 4.78. The average Bonchev–Trinajstić information content (AvgIpc) is 3.04. The van der Waals surface area contributed by atoms with Crippen molar-refractivity contribution in [1.82, 2.24) is 9.88 Å². The number of aromatic nitrogens is 1. The van der Waals surface area contributed by atoms with E-state index in [1.807, 2.05) is 0 Å². The minimum Gasteiger partial charge on any atom is -0.326 e. The molecule has 0 aromatic carbocycles. The van der Waals surface area contributed by atoms with Crippen LogP contribution in [-0.4, -0.2) is 51.7 Å². The highest BCUT2D eigenvalue weighted by atomic mass is 32.2. The Bertz CT molecular complexity index is 797. The van der Waals surface area contributed by atoms with E-state index in [0.717, 1.165) is 4.90 Å². The molecule has 12 heteroatoms. The van der Waals surface area contributed by atoms with E-state index in [1.54, 1.807) is 0 Å². The summed E-state index contributed by atoms with van der Waals surface area (Å²) < 4.78 is 77.1. The Balaban J connectivity index is 1.75. The Morgan fingerprint density at radius 1 is 1.30 bits per heavy atom. The van der Waals surface area contributed by atoms with E-state index in [9.17, 15) is 31.0 Å². The van der Waals surface area contributed by atoms with Gasteiger partial charge >= 0.3 is 6.18 Å². The van der Waals surface area contributed by atoms with Crippen molar-refractivity contribution in [3.63, 3.8) is 0 Å². The lowest BCUT2D eigenvalue weighted by Gasteiger charge is -2.34. The van der Waals surface area contributed by atoms with Gasteiger partial charge in [-0.15, -0.1) is 0 Å². The molecule has 1 saturated heterocycles. The number of nitrogens with one attached hydrogen (secondary N) is 1. The topological polar surface area (TPSA) is 88.3 Å². The van der Waals surface area contributed by atoms with Crippen molar-refractivity contribution < 1.29 is 31.0 Å². The van der Waals surface area contributed by atoms with Crippen LogP contribution in [0.1, 0.15) is 25.7 Å². The molecule has 3 atom stereocenters. The summed E-state index contributed by atoms with van der Waals surface area (Å²) in [6.45, 7) is -1.23. The fraction of sp³-hybridized carbons (Fsp3) is 0.667. The number of amides is 1. The third-order valence-corrected chi connectivity index (χ3v) is 6.39. The van der Waals surface area contributed by atoms with Crippen LogP contribution in [0.3, 0.4) is 0 Å². The second-order valence-corrected chi connectivity index (χ2v) is 8.96. The first-order valence-corrected chi connectivity index (χ1v) is 10.7. The SMILES string of the molecule is NS(=O)c1cc(NC(=O)[C@@H]2CN(CC(F)(F)F)C[C@H]2C2CCC(F)(F)CC2)ccn1. The molecule has 3 rings (SSSR count). The zero-order valence-corrected chi connectivity index (χ0v) is 16.8. The number of alkyl halides is 5. The molecule has 6 nitrogen and oxygen atoms in total. The Hall–Kier alpha value is -1.66. The van der Waals surface area contributed by atoms with Gasteiger partial charge in [-0.25, -0.2) is 23.1 Å². The van der Waals surface area contributed by atoms with Gasteiger partial charge in [-0.2, -0.15) is 13.2 Å². The Morgan fingerprint density at radius 3 is 2.57 bits per heavy atom. The molecule has 0 spiro atoms. The van der Waals surface area contributed by atoms with E-state index < -0.39 is 47.4 Å². The van der Waals surface area contributed by atoms with Crippen molar-refractivity contribution in [3.05, 3.63) is 18.3 Å². The second kappa shape index (κ2) is 8.83. The van der Waals surface area contributed by atoms with Gasteiger partial charge in [0.15, 0.2) is 0 Å². The molecule has 1 saturated carbocycles. The lowest BCUT2D eigenvalue weighted by atomic mass is 9.74. The van der Waals surface area contributed by atoms with E-state index in [1.165, 1.54) is 18.3 Å². The van der Waals surface area contributed by atoms with Crippen molar-refractivity contribution >= 4 is 22.6 Å². The number of hydrogen-bond donors (Lipinski definition) is 2. The molecule has 2 aliphatic rings. The van der Waals surface area contributed by atoms with E-state index in [0.29, 0.717) is 0 Å². The molecule has 0 bridgehead atoms. The highest BCUT2D eigenvalue weighted by Gasteiger charge is 2.47. The van der Waals surface area contributed by atoms with Crippen LogP contribution in [0.5, 0.6) is 0 Å². The number of carbonyl (C=O) groups excluding carboxylic acids is 1. The van der Waals surface area contributed by atoms with Crippen molar-refractivity contribution in [2.45, 2.75) is 42.8 Å². The van der Waals surface area contributed by atoms with Crippen LogP contribution < -0.4 is 10.5 Å². The highest BCUT2D eigenvalue weighted by Crippen LogP contribution is 2.44. The Morgan fingerprint density at radius 2 is 1.97 bits per heavy atom. The zero-order valence-electron chi connectivity index (χ0n) is 16.0. The minimum atomic E-state index is -4.42. The molecule has 2 fully saturated rings. The first kappa shape index (κ1) is 23.0. The van der Waals surface area contributed by atoms with Crippen LogP contribution in [0.4, 0.5) is 27.6 Å². The van der Waals surface area contributed by atoms with E-state index >= 15 is 0 Å². The largest absolute Gasteiger partial charge is 0.401 e. The molecule has 1 aliphatic carbocycles. The summed E-state index contributed by atoms with van der Waals surface area (Å²) in [5.41, 5.74) is 0.270. The summed E-state index contributed by atoms with van der Waals surface area (Å²) in [5.74, 6) is -4.73. The van der Waals surface area contributed by atoms with Crippen LogP contribution in [0.15, 0.2) is 23.4 Å². The van der Waals surface area contributed by atoms with Crippen molar-refractivity contribution in [2.75, 3.05) is 25.0 Å². The van der Waals surface area contributed by atoms with Crippen molar-refractivity contribution in [2.24, 2.45) is 22.9 Å². The number of rotatable bonds is 5. The van der Waals surface area contributed by atoms with Crippen LogP contribution in [0.25, 0.3) is 0 Å². The molecule has 1 aromatic rings. The van der Waals surface area contributed by atoms with Crippen molar-refractivity contribution in [3.8, 4) is 0 Å². The van der Waals surface area contributed by atoms with Crippen LogP contribution in [-0.2, 0) is 15.8 Å². The number of halogens is 5. The van der Waals surface area contributed by atoms with Crippen LogP contribution >= 0.6 is 0 Å². The number of nitrogens with zero attached hydrogens (tertiary/aromatic N) is 2. The molecule has 1 aromatic heterocycles. The second-order valence-electron chi connectivity index (χ2n) is 7.94. The summed E-state index contributed by atoms with van der Waals surface area (Å²) in [4.78, 5) is 17.9. The number of carbonyl (C=O) groups is 1. The maximum Gasteiger partial charge on any atom is 0.401 e. The standard InChI is InChI=1S/C18H23F5N4O2S/c19-17(20)4-1-11(2-5-17)13-8-27(10-18(21,22)23)9-14(13)16(28)26-12-3-6-25-15(7-12)30(24)29/h3,6-7,11,13-14H,1-2,4-5,8-10,24H2,(H,25,26,28)/t13-,14+,30?/m0/s1. The molecule has 1 aliphatic heterocycles. The van der Waals surface area contributed by atoms with Crippen molar-refractivity contribution in [1.29, 1.82) is 0 Å². The molecular weight excluding hydrogens is 431 g/mol. The third-order valence-electron chi connectivity index (χ3n) is 5.76. The van der Waals surface area contributed by atoms with Gasteiger partial charge in [-0.3, -0.25) is 9.69 Å². The van der Waals surface area contributed by atoms with Gasteiger partial charge in [0.05, 0.1) is 12.5 Å². The predicted octanol–water partition coefficient (Wildman–Crippen LogP) is 2.94. The summed E-state index contributed by atoms with van der Waals surface area (Å²) in [6, 6.07) is 2.78. The molecule has 1 amide bonds. The molecule has 168 valence electrons. The molecule has 2 heterocycles. The maximum atomic E-state index is 13.5. The first-order chi connectivity index (χ1) is 13.9. The van der Waals surface area contributed by atoms with Gasteiger partial charge in [0.25, 0.3) is 0 Å². The van der Waals surface area contributed by atoms with E-state index in [4.69, 9.17) is 5.14 Å². The average molecular weight is 454 g/mol. The molecular formula is C18H23F5N4O2S. The lowest BCUT2D eigenvalue weighted by molar-refractivity contribution is -0.144. The smallest absolute Gasteiger partial charge is 0.326 e. The monoisotopic (exact) mass is 454 g/mol. The summed E-state index contributed by atoms with van der Waals surface area (Å²) >= 11 is 0. The van der Waals surface area contributed by atoms with Crippen LogP contribution in [0, 0.1) is 17.8 Å². The van der Waals surface area contributed by atoms with Crippen LogP contribution in [0.2, 0.25) is 0 Å². The highest BCUT2D eigenvalue weighted by molar-refractivity contribution is 7.82. The molecule has 0 radical (unpaired) electrons. The predicted molar refractivity (Wildman–Crippen MR) is 99.8 cm³/mol. The summed E-state index contributed by atoms with van der Waals surface area (Å²) in [5, 5.41) is 7.94. The summed E-state index contributed by atoms with van der Waals surface area (Å²) in [7, 11) is -1.86. The number of nitrogens with two attached hydrogens (primary N) is 1. The van der Waals surface area contributed by atoms with Gasteiger partial charge in [0.2, 0.25) is 11.8 Å². The number of pyridine rings is 1. The molecule has 1 unspecified atom stereocenters. The Labute approximate surface area is 173 Å². The number of hydrogen-bond acceptors (Lipinski definition) is 4. The maximum absolute atomic E-state index is 13.5.